The number of ether oxygens (including phenoxy) is 2. The van der Waals surface area contributed by atoms with Gasteiger partial charge in [0.1, 0.15) is 6.79 Å². The summed E-state index contributed by atoms with van der Waals surface area (Å²) >= 11 is 0. The Kier molecular flexibility index (Phi) is 4.39. The van der Waals surface area contributed by atoms with Crippen LogP contribution in [-0.2, 0) is 9.47 Å². The molecule has 7 heteroatoms. The first-order valence-electron chi connectivity index (χ1n) is 5.70. The Hall–Kier alpha value is -1.60. The Bertz CT molecular complexity index is 476. The highest BCUT2D eigenvalue weighted by Gasteiger charge is 2.20. The Morgan fingerprint density at radius 2 is 2.11 bits per heavy atom. The van der Waals surface area contributed by atoms with Gasteiger partial charge in [-0.05, 0) is 18.6 Å². The molecule has 1 aromatic rings. The van der Waals surface area contributed by atoms with Crippen LogP contribution in [0, 0.1) is 17.5 Å². The van der Waals surface area contributed by atoms with Crippen LogP contribution in [0.15, 0.2) is 12.1 Å². The van der Waals surface area contributed by atoms with E-state index in [0.29, 0.717) is 19.1 Å². The van der Waals surface area contributed by atoms with Crippen molar-refractivity contribution in [2.75, 3.05) is 19.9 Å². The lowest BCUT2D eigenvalue weighted by atomic mass is 10.1. The highest BCUT2D eigenvalue weighted by atomic mass is 19.2. The molecule has 19 heavy (non-hydrogen) atoms. The minimum Gasteiger partial charge on any atom is -0.355 e. The maximum atomic E-state index is 13.4. The van der Waals surface area contributed by atoms with Crippen molar-refractivity contribution < 1.29 is 27.4 Å². The predicted octanol–water partition coefficient (Wildman–Crippen LogP) is 1.60. The molecular formula is C12H12F3NO3. The van der Waals surface area contributed by atoms with Crippen LogP contribution in [-0.4, -0.2) is 32.0 Å². The molecule has 1 aromatic carbocycles. The second kappa shape index (κ2) is 6.03. The van der Waals surface area contributed by atoms with Crippen LogP contribution in [0.2, 0.25) is 0 Å². The zero-order valence-electron chi connectivity index (χ0n) is 9.92. The number of nitrogens with one attached hydrogen (secondary N) is 1. The predicted molar refractivity (Wildman–Crippen MR) is 59.0 cm³/mol. The van der Waals surface area contributed by atoms with E-state index in [1.165, 1.54) is 0 Å². The summed E-state index contributed by atoms with van der Waals surface area (Å²) in [6.45, 7) is 0.806. The number of halogens is 3. The van der Waals surface area contributed by atoms with Crippen LogP contribution < -0.4 is 5.32 Å². The van der Waals surface area contributed by atoms with Gasteiger partial charge in [-0.2, -0.15) is 0 Å². The molecule has 0 aliphatic carbocycles. The molecule has 0 saturated carbocycles. The number of amides is 1. The summed E-state index contributed by atoms with van der Waals surface area (Å²) in [7, 11) is 0. The molecule has 1 amide bonds. The molecule has 1 fully saturated rings. The molecule has 1 N–H and O–H groups in total. The lowest BCUT2D eigenvalue weighted by Crippen LogP contribution is -2.37. The van der Waals surface area contributed by atoms with Gasteiger partial charge in [0.25, 0.3) is 5.91 Å². The monoisotopic (exact) mass is 275 g/mol. The standard InChI is InChI=1S/C12H12F3NO3/c13-9-2-1-8(10(14)11(9)15)12(17)16-5-7-3-4-18-6-19-7/h1-2,7H,3-6H2,(H,16,17)/t7-/m0/s1. The highest BCUT2D eigenvalue weighted by Crippen LogP contribution is 2.15. The number of benzene rings is 1. The van der Waals surface area contributed by atoms with E-state index in [1.54, 1.807) is 0 Å². The van der Waals surface area contributed by atoms with Gasteiger partial charge in [0.05, 0.1) is 18.3 Å². The van der Waals surface area contributed by atoms with E-state index in [4.69, 9.17) is 9.47 Å². The Labute approximate surface area is 107 Å². The van der Waals surface area contributed by atoms with Gasteiger partial charge in [-0.25, -0.2) is 13.2 Å². The van der Waals surface area contributed by atoms with Crippen molar-refractivity contribution in [2.45, 2.75) is 12.5 Å². The molecule has 0 aromatic heterocycles. The number of carbonyl (C=O) groups excluding carboxylic acids is 1. The van der Waals surface area contributed by atoms with E-state index < -0.39 is 28.9 Å². The minimum atomic E-state index is -1.66. The molecule has 1 heterocycles. The van der Waals surface area contributed by atoms with E-state index in [9.17, 15) is 18.0 Å². The molecule has 104 valence electrons. The van der Waals surface area contributed by atoms with Crippen molar-refractivity contribution >= 4 is 5.91 Å². The zero-order valence-corrected chi connectivity index (χ0v) is 9.92. The third-order valence-corrected chi connectivity index (χ3v) is 2.74. The van der Waals surface area contributed by atoms with Gasteiger partial charge in [0.2, 0.25) is 0 Å². The average molecular weight is 275 g/mol. The van der Waals surface area contributed by atoms with E-state index in [-0.39, 0.29) is 19.4 Å². The topological polar surface area (TPSA) is 47.6 Å². The van der Waals surface area contributed by atoms with E-state index >= 15 is 0 Å². The first-order chi connectivity index (χ1) is 9.09. The summed E-state index contributed by atoms with van der Waals surface area (Å²) in [5.74, 6) is -5.30. The Morgan fingerprint density at radius 3 is 2.79 bits per heavy atom. The zero-order chi connectivity index (χ0) is 13.8. The summed E-state index contributed by atoms with van der Waals surface area (Å²) in [5.41, 5.74) is -0.536. The molecule has 0 spiro atoms. The van der Waals surface area contributed by atoms with Gasteiger partial charge in [-0.3, -0.25) is 4.79 Å². The highest BCUT2D eigenvalue weighted by molar-refractivity contribution is 5.94. The number of hydrogen-bond acceptors (Lipinski definition) is 3. The lowest BCUT2D eigenvalue weighted by molar-refractivity contribution is -0.136. The van der Waals surface area contributed by atoms with Crippen molar-refractivity contribution in [3.63, 3.8) is 0 Å². The quantitative estimate of drug-likeness (QED) is 0.852. The van der Waals surface area contributed by atoms with Crippen molar-refractivity contribution in [1.82, 2.24) is 5.32 Å². The molecule has 1 atom stereocenters. The molecule has 0 radical (unpaired) electrons. The Balaban J connectivity index is 1.98. The number of carbonyl (C=O) groups is 1. The lowest BCUT2D eigenvalue weighted by Gasteiger charge is -2.22. The van der Waals surface area contributed by atoms with Crippen molar-refractivity contribution in [1.29, 1.82) is 0 Å². The fraction of sp³-hybridized carbons (Fsp3) is 0.417. The first kappa shape index (κ1) is 13.8. The summed E-state index contributed by atoms with van der Waals surface area (Å²) in [6.07, 6.45) is 0.367. The molecule has 2 rings (SSSR count). The first-order valence-corrected chi connectivity index (χ1v) is 5.70. The maximum absolute atomic E-state index is 13.4. The molecule has 0 bridgehead atoms. The molecule has 1 aliphatic heterocycles. The van der Waals surface area contributed by atoms with Crippen LogP contribution in [0.1, 0.15) is 16.8 Å². The summed E-state index contributed by atoms with van der Waals surface area (Å²) in [4.78, 5) is 11.6. The largest absolute Gasteiger partial charge is 0.355 e. The van der Waals surface area contributed by atoms with Crippen molar-refractivity contribution in [3.05, 3.63) is 35.1 Å². The van der Waals surface area contributed by atoms with E-state index in [2.05, 4.69) is 5.32 Å². The fourth-order valence-corrected chi connectivity index (χ4v) is 1.67. The van der Waals surface area contributed by atoms with Gasteiger partial charge in [0.15, 0.2) is 17.5 Å². The SMILES string of the molecule is O=C(NC[C@@H]1CCOCO1)c1ccc(F)c(F)c1F. The molecule has 4 nitrogen and oxygen atoms in total. The van der Waals surface area contributed by atoms with Crippen molar-refractivity contribution in [2.24, 2.45) is 0 Å². The summed E-state index contributed by atoms with van der Waals surface area (Å²) in [5, 5.41) is 2.41. The number of hydrogen-bond donors (Lipinski definition) is 1. The van der Waals surface area contributed by atoms with Crippen LogP contribution in [0.3, 0.4) is 0 Å². The van der Waals surface area contributed by atoms with Gasteiger partial charge >= 0.3 is 0 Å². The van der Waals surface area contributed by atoms with Crippen LogP contribution in [0.25, 0.3) is 0 Å². The molecule has 0 unspecified atom stereocenters. The van der Waals surface area contributed by atoms with Crippen LogP contribution >= 0.6 is 0 Å². The van der Waals surface area contributed by atoms with Crippen LogP contribution in [0.4, 0.5) is 13.2 Å². The smallest absolute Gasteiger partial charge is 0.254 e. The number of rotatable bonds is 3. The average Bonchev–Trinajstić information content (AvgIpc) is 2.43. The van der Waals surface area contributed by atoms with Gasteiger partial charge in [-0.15, -0.1) is 0 Å². The second-order valence-electron chi connectivity index (χ2n) is 4.04. The third kappa shape index (κ3) is 3.24. The molecule has 1 aliphatic rings. The van der Waals surface area contributed by atoms with E-state index in [0.717, 1.165) is 6.07 Å². The normalized spacial score (nSPS) is 19.2. The van der Waals surface area contributed by atoms with Gasteiger partial charge in [-0.1, -0.05) is 0 Å². The summed E-state index contributed by atoms with van der Waals surface area (Å²) < 4.78 is 49.2. The minimum absolute atomic E-state index is 0.139. The second-order valence-corrected chi connectivity index (χ2v) is 4.04. The van der Waals surface area contributed by atoms with Gasteiger partial charge in [0, 0.05) is 6.54 Å². The van der Waals surface area contributed by atoms with Crippen LogP contribution in [0.5, 0.6) is 0 Å². The Morgan fingerprint density at radius 1 is 1.32 bits per heavy atom. The maximum Gasteiger partial charge on any atom is 0.254 e. The summed E-state index contributed by atoms with van der Waals surface area (Å²) in [6, 6.07) is 1.60. The molecule has 1 saturated heterocycles. The van der Waals surface area contributed by atoms with Gasteiger partial charge < -0.3 is 14.8 Å². The van der Waals surface area contributed by atoms with Crippen molar-refractivity contribution in [3.8, 4) is 0 Å². The fourth-order valence-electron chi connectivity index (χ4n) is 1.67. The molecular weight excluding hydrogens is 263 g/mol. The third-order valence-electron chi connectivity index (χ3n) is 2.74. The van der Waals surface area contributed by atoms with E-state index in [1.807, 2.05) is 0 Å².